The van der Waals surface area contributed by atoms with E-state index in [2.05, 4.69) is 11.9 Å². The van der Waals surface area contributed by atoms with Gasteiger partial charge in [-0.2, -0.15) is 0 Å². The van der Waals surface area contributed by atoms with E-state index in [4.69, 9.17) is 17.3 Å². The predicted molar refractivity (Wildman–Crippen MR) is 76.5 cm³/mol. The molecule has 0 fully saturated rings. The van der Waals surface area contributed by atoms with Gasteiger partial charge in [-0.15, -0.1) is 0 Å². The van der Waals surface area contributed by atoms with Gasteiger partial charge in [-0.05, 0) is 31.9 Å². The van der Waals surface area contributed by atoms with E-state index in [0.29, 0.717) is 10.7 Å². The second kappa shape index (κ2) is 6.45. The molecule has 0 atom stereocenters. The van der Waals surface area contributed by atoms with Gasteiger partial charge in [0.1, 0.15) is 0 Å². The molecule has 17 heavy (non-hydrogen) atoms. The molecule has 0 saturated heterocycles. The molecule has 0 aliphatic rings. The Hall–Kier alpha value is -1.28. The summed E-state index contributed by atoms with van der Waals surface area (Å²) >= 11 is 6.12. The summed E-state index contributed by atoms with van der Waals surface area (Å²) in [6, 6.07) is 7.87. The molecule has 0 heterocycles. The van der Waals surface area contributed by atoms with Gasteiger partial charge in [0.2, 0.25) is 0 Å². The quantitative estimate of drug-likeness (QED) is 0.809. The van der Waals surface area contributed by atoms with Crippen molar-refractivity contribution in [2.24, 2.45) is 10.7 Å². The van der Waals surface area contributed by atoms with Crippen LogP contribution < -0.4 is 5.73 Å². The number of nitrogens with two attached hydrogens (primary N) is 1. The van der Waals surface area contributed by atoms with Crippen molar-refractivity contribution in [2.75, 3.05) is 0 Å². The molecule has 2 nitrogen and oxygen atoms in total. The highest BCUT2D eigenvalue weighted by atomic mass is 35.5. The third-order valence-corrected chi connectivity index (χ3v) is 2.75. The summed E-state index contributed by atoms with van der Waals surface area (Å²) in [5.41, 5.74) is 8.75. The zero-order valence-electron chi connectivity index (χ0n) is 10.6. The van der Waals surface area contributed by atoms with Gasteiger partial charge in [0.15, 0.2) is 0 Å². The van der Waals surface area contributed by atoms with Crippen LogP contribution in [-0.2, 0) is 0 Å². The highest BCUT2D eigenvalue weighted by Gasteiger charge is 2.06. The fraction of sp³-hybridized carbons (Fsp3) is 0.357. The van der Waals surface area contributed by atoms with Crippen molar-refractivity contribution >= 4 is 23.5 Å². The second-order valence-corrected chi connectivity index (χ2v) is 4.55. The van der Waals surface area contributed by atoms with Gasteiger partial charge in [0, 0.05) is 28.5 Å². The largest absolute Gasteiger partial charge is 0.398 e. The maximum Gasteiger partial charge on any atom is 0.0499 e. The van der Waals surface area contributed by atoms with E-state index >= 15 is 0 Å². The predicted octanol–water partition coefficient (Wildman–Crippen LogP) is 3.90. The monoisotopic (exact) mass is 250 g/mol. The zero-order chi connectivity index (χ0) is 12.8. The van der Waals surface area contributed by atoms with Crippen molar-refractivity contribution < 1.29 is 0 Å². The van der Waals surface area contributed by atoms with Crippen LogP contribution >= 0.6 is 11.6 Å². The number of rotatable bonds is 4. The van der Waals surface area contributed by atoms with E-state index in [1.54, 1.807) is 0 Å². The molecule has 2 N–H and O–H groups in total. The van der Waals surface area contributed by atoms with Gasteiger partial charge in [-0.1, -0.05) is 36.7 Å². The SMILES string of the molecule is CC/C(C=NC(C)C)=C(/N)c1ccccc1Cl. The maximum atomic E-state index is 6.14. The van der Waals surface area contributed by atoms with Crippen LogP contribution in [0.4, 0.5) is 0 Å². The van der Waals surface area contributed by atoms with Crippen LogP contribution in [0, 0.1) is 0 Å². The number of benzene rings is 1. The third-order valence-electron chi connectivity index (χ3n) is 2.42. The second-order valence-electron chi connectivity index (χ2n) is 4.14. The molecule has 0 saturated carbocycles. The topological polar surface area (TPSA) is 38.4 Å². The molecule has 3 heteroatoms. The van der Waals surface area contributed by atoms with Crippen LogP contribution in [0.15, 0.2) is 34.8 Å². The van der Waals surface area contributed by atoms with Gasteiger partial charge in [-0.3, -0.25) is 4.99 Å². The Kier molecular flexibility index (Phi) is 5.23. The lowest BCUT2D eigenvalue weighted by molar-refractivity contribution is 0.840. The minimum absolute atomic E-state index is 0.274. The van der Waals surface area contributed by atoms with E-state index in [-0.39, 0.29) is 6.04 Å². The molecule has 0 aliphatic heterocycles. The molecule has 0 unspecified atom stereocenters. The zero-order valence-corrected chi connectivity index (χ0v) is 11.3. The molecular weight excluding hydrogens is 232 g/mol. The van der Waals surface area contributed by atoms with Crippen molar-refractivity contribution in [1.29, 1.82) is 0 Å². The standard InChI is InChI=1S/C14H19ClN2/c1-4-11(9-17-10(2)3)14(16)12-7-5-6-8-13(12)15/h5-10H,4,16H2,1-3H3/b14-11-,17-9?. The van der Waals surface area contributed by atoms with Crippen molar-refractivity contribution in [2.45, 2.75) is 33.2 Å². The van der Waals surface area contributed by atoms with Gasteiger partial charge in [0.25, 0.3) is 0 Å². The van der Waals surface area contributed by atoms with Gasteiger partial charge < -0.3 is 5.73 Å². The first-order valence-electron chi connectivity index (χ1n) is 5.83. The molecule has 0 aliphatic carbocycles. The summed E-state index contributed by atoms with van der Waals surface area (Å²) in [4.78, 5) is 4.37. The minimum atomic E-state index is 0.274. The normalized spacial score (nSPS) is 13.2. The van der Waals surface area contributed by atoms with Crippen molar-refractivity contribution in [3.8, 4) is 0 Å². The summed E-state index contributed by atoms with van der Waals surface area (Å²) in [6.45, 7) is 6.14. The highest BCUT2D eigenvalue weighted by Crippen LogP contribution is 2.23. The molecule has 0 radical (unpaired) electrons. The number of hydrogen-bond donors (Lipinski definition) is 1. The van der Waals surface area contributed by atoms with E-state index < -0.39 is 0 Å². The average Bonchev–Trinajstić information content (AvgIpc) is 2.29. The van der Waals surface area contributed by atoms with Crippen molar-refractivity contribution in [3.63, 3.8) is 0 Å². The molecule has 1 rings (SSSR count). The lowest BCUT2D eigenvalue weighted by Crippen LogP contribution is -2.04. The third kappa shape index (κ3) is 3.90. The smallest absolute Gasteiger partial charge is 0.0499 e. The Morgan fingerprint density at radius 2 is 2.06 bits per heavy atom. The van der Waals surface area contributed by atoms with Crippen LogP contribution in [0.5, 0.6) is 0 Å². The lowest BCUT2D eigenvalue weighted by atomic mass is 10.1. The Labute approximate surface area is 108 Å². The van der Waals surface area contributed by atoms with Gasteiger partial charge in [-0.25, -0.2) is 0 Å². The Balaban J connectivity index is 3.13. The van der Waals surface area contributed by atoms with Crippen molar-refractivity contribution in [3.05, 3.63) is 40.4 Å². The first kappa shape index (κ1) is 13.8. The number of allylic oxidation sites excluding steroid dienone is 1. The Morgan fingerprint density at radius 3 is 2.59 bits per heavy atom. The highest BCUT2D eigenvalue weighted by molar-refractivity contribution is 6.32. The summed E-state index contributed by atoms with van der Waals surface area (Å²) in [5.74, 6) is 0. The molecular formula is C14H19ClN2. The molecule has 1 aromatic rings. The van der Waals surface area contributed by atoms with E-state index in [9.17, 15) is 0 Å². The number of hydrogen-bond acceptors (Lipinski definition) is 2. The van der Waals surface area contributed by atoms with Crippen LogP contribution in [0.1, 0.15) is 32.8 Å². The number of aliphatic imine (C=N–C) groups is 1. The van der Waals surface area contributed by atoms with Gasteiger partial charge in [0.05, 0.1) is 0 Å². The first-order chi connectivity index (χ1) is 8.06. The van der Waals surface area contributed by atoms with E-state index in [0.717, 1.165) is 17.6 Å². The fourth-order valence-electron chi connectivity index (χ4n) is 1.44. The van der Waals surface area contributed by atoms with Crippen LogP contribution in [0.2, 0.25) is 5.02 Å². The van der Waals surface area contributed by atoms with Crippen molar-refractivity contribution in [1.82, 2.24) is 0 Å². The average molecular weight is 251 g/mol. The Bertz CT molecular complexity index is 434. The summed E-state index contributed by atoms with van der Waals surface area (Å²) < 4.78 is 0. The molecule has 0 spiro atoms. The number of nitrogens with zero attached hydrogens (tertiary/aromatic N) is 1. The lowest BCUT2D eigenvalue weighted by Gasteiger charge is -2.08. The number of halogens is 1. The molecule has 0 amide bonds. The van der Waals surface area contributed by atoms with Crippen LogP contribution in [0.3, 0.4) is 0 Å². The maximum absolute atomic E-state index is 6.14. The van der Waals surface area contributed by atoms with E-state index in [1.807, 2.05) is 44.3 Å². The van der Waals surface area contributed by atoms with Gasteiger partial charge >= 0.3 is 0 Å². The Morgan fingerprint density at radius 1 is 1.41 bits per heavy atom. The van der Waals surface area contributed by atoms with Crippen LogP contribution in [0.25, 0.3) is 5.70 Å². The van der Waals surface area contributed by atoms with Crippen LogP contribution in [-0.4, -0.2) is 12.3 Å². The minimum Gasteiger partial charge on any atom is -0.398 e. The fourth-order valence-corrected chi connectivity index (χ4v) is 1.68. The summed E-state index contributed by atoms with van der Waals surface area (Å²) in [5, 5.41) is 0.675. The summed E-state index contributed by atoms with van der Waals surface area (Å²) in [6.07, 6.45) is 2.69. The first-order valence-corrected chi connectivity index (χ1v) is 6.20. The molecule has 0 aromatic heterocycles. The molecule has 1 aromatic carbocycles. The molecule has 0 bridgehead atoms. The summed E-state index contributed by atoms with van der Waals surface area (Å²) in [7, 11) is 0. The van der Waals surface area contributed by atoms with E-state index in [1.165, 1.54) is 0 Å². The molecule has 92 valence electrons.